The van der Waals surface area contributed by atoms with Crippen LogP contribution in [0.1, 0.15) is 18.4 Å². The molecule has 1 fully saturated rings. The molecule has 0 aliphatic carbocycles. The topological polar surface area (TPSA) is 42.4 Å². The standard InChI is InChI=1S/C21H21FN2O2S2/c1-14-4-7-17(8-5-14)27-10-2-3-20(25)26-16-12-24(13-16)21-23-18-9-6-15(22)11-19(18)28-21/h4-9,11,16H,2-3,10,12-13H2,1H3. The average Bonchev–Trinajstić information content (AvgIpc) is 3.05. The Hall–Kier alpha value is -2.12. The van der Waals surface area contributed by atoms with E-state index in [1.54, 1.807) is 17.8 Å². The molecule has 2 aromatic carbocycles. The Kier molecular flexibility index (Phi) is 5.82. The number of hydrogen-bond donors (Lipinski definition) is 0. The second kappa shape index (κ2) is 8.49. The van der Waals surface area contributed by atoms with Gasteiger partial charge < -0.3 is 9.64 Å². The lowest BCUT2D eigenvalue weighted by atomic mass is 10.2. The molecule has 0 N–H and O–H groups in total. The molecule has 1 aliphatic heterocycles. The highest BCUT2D eigenvalue weighted by atomic mass is 32.2. The molecule has 0 unspecified atom stereocenters. The zero-order valence-corrected chi connectivity index (χ0v) is 17.2. The van der Waals surface area contributed by atoms with E-state index in [4.69, 9.17) is 4.74 Å². The molecular weight excluding hydrogens is 395 g/mol. The summed E-state index contributed by atoms with van der Waals surface area (Å²) < 4.78 is 19.7. The summed E-state index contributed by atoms with van der Waals surface area (Å²) in [5.74, 6) is 0.510. The number of rotatable bonds is 7. The van der Waals surface area contributed by atoms with E-state index in [1.165, 1.54) is 33.9 Å². The lowest BCUT2D eigenvalue weighted by Crippen LogP contribution is -2.53. The van der Waals surface area contributed by atoms with Gasteiger partial charge in [-0.05, 0) is 49.4 Å². The Bertz CT molecular complexity index is 968. The van der Waals surface area contributed by atoms with Crippen LogP contribution in [0.25, 0.3) is 10.2 Å². The number of fused-ring (bicyclic) bond motifs is 1. The van der Waals surface area contributed by atoms with Crippen LogP contribution in [0.2, 0.25) is 0 Å². The number of aromatic nitrogens is 1. The predicted octanol–water partition coefficient (Wildman–Crippen LogP) is 5.05. The maximum atomic E-state index is 13.3. The smallest absolute Gasteiger partial charge is 0.306 e. The van der Waals surface area contributed by atoms with Crippen molar-refractivity contribution in [2.24, 2.45) is 0 Å². The quantitative estimate of drug-likeness (QED) is 0.306. The molecule has 0 spiro atoms. The molecule has 146 valence electrons. The van der Waals surface area contributed by atoms with Crippen molar-refractivity contribution in [3.8, 4) is 0 Å². The molecule has 4 nitrogen and oxygen atoms in total. The number of anilines is 1. The molecular formula is C21H21FN2O2S2. The maximum Gasteiger partial charge on any atom is 0.306 e. The minimum Gasteiger partial charge on any atom is -0.459 e. The minimum absolute atomic E-state index is 0.0824. The Labute approximate surface area is 171 Å². The van der Waals surface area contributed by atoms with E-state index in [2.05, 4.69) is 41.1 Å². The normalized spacial score (nSPS) is 14.3. The molecule has 1 saturated heterocycles. The number of ether oxygens (including phenoxy) is 1. The van der Waals surface area contributed by atoms with Crippen molar-refractivity contribution < 1.29 is 13.9 Å². The van der Waals surface area contributed by atoms with E-state index in [0.717, 1.165) is 27.5 Å². The van der Waals surface area contributed by atoms with Gasteiger partial charge in [0.05, 0.1) is 23.3 Å². The van der Waals surface area contributed by atoms with E-state index in [1.807, 2.05) is 0 Å². The third-order valence-corrected chi connectivity index (χ3v) is 6.75. The van der Waals surface area contributed by atoms with Crippen LogP contribution in [-0.2, 0) is 9.53 Å². The summed E-state index contributed by atoms with van der Waals surface area (Å²) >= 11 is 3.22. The number of thioether (sulfide) groups is 1. The molecule has 0 saturated carbocycles. The molecule has 28 heavy (non-hydrogen) atoms. The predicted molar refractivity (Wildman–Crippen MR) is 113 cm³/mol. The van der Waals surface area contributed by atoms with Crippen LogP contribution in [0.15, 0.2) is 47.4 Å². The summed E-state index contributed by atoms with van der Waals surface area (Å²) in [6.45, 7) is 3.36. The van der Waals surface area contributed by atoms with Gasteiger partial charge in [0.25, 0.3) is 0 Å². The van der Waals surface area contributed by atoms with Crippen LogP contribution in [0.5, 0.6) is 0 Å². The van der Waals surface area contributed by atoms with Gasteiger partial charge in [-0.2, -0.15) is 0 Å². The van der Waals surface area contributed by atoms with E-state index in [0.29, 0.717) is 19.5 Å². The van der Waals surface area contributed by atoms with Crippen molar-refractivity contribution in [2.75, 3.05) is 23.7 Å². The highest BCUT2D eigenvalue weighted by Gasteiger charge is 2.31. The van der Waals surface area contributed by atoms with Crippen molar-refractivity contribution in [3.63, 3.8) is 0 Å². The van der Waals surface area contributed by atoms with Crippen molar-refractivity contribution in [2.45, 2.75) is 30.8 Å². The number of thiazole rings is 1. The zero-order chi connectivity index (χ0) is 19.5. The Morgan fingerprint density at radius 1 is 1.29 bits per heavy atom. The molecule has 0 radical (unpaired) electrons. The van der Waals surface area contributed by atoms with E-state index < -0.39 is 0 Å². The van der Waals surface area contributed by atoms with Crippen LogP contribution in [0.4, 0.5) is 9.52 Å². The fourth-order valence-corrected chi connectivity index (χ4v) is 4.84. The first-order chi connectivity index (χ1) is 13.6. The van der Waals surface area contributed by atoms with E-state index in [9.17, 15) is 9.18 Å². The molecule has 0 atom stereocenters. The lowest BCUT2D eigenvalue weighted by molar-refractivity contribution is -0.150. The van der Waals surface area contributed by atoms with Gasteiger partial charge >= 0.3 is 5.97 Å². The van der Waals surface area contributed by atoms with Gasteiger partial charge in [0.15, 0.2) is 5.13 Å². The summed E-state index contributed by atoms with van der Waals surface area (Å²) in [5, 5.41) is 0.849. The maximum absolute atomic E-state index is 13.3. The lowest BCUT2D eigenvalue weighted by Gasteiger charge is -2.38. The molecule has 1 aliphatic rings. The van der Waals surface area contributed by atoms with Gasteiger partial charge in [0, 0.05) is 11.3 Å². The summed E-state index contributed by atoms with van der Waals surface area (Å²) in [5.41, 5.74) is 2.05. The summed E-state index contributed by atoms with van der Waals surface area (Å²) in [6, 6.07) is 13.0. The first kappa shape index (κ1) is 19.2. The van der Waals surface area contributed by atoms with Crippen molar-refractivity contribution in [1.29, 1.82) is 0 Å². The summed E-state index contributed by atoms with van der Waals surface area (Å²) in [6.07, 6.45) is 1.16. The number of nitrogens with zero attached hydrogens (tertiary/aromatic N) is 2. The number of aryl methyl sites for hydroxylation is 1. The van der Waals surface area contributed by atoms with Crippen LogP contribution < -0.4 is 4.90 Å². The molecule has 3 aromatic rings. The number of carbonyl (C=O) groups is 1. The third kappa shape index (κ3) is 4.64. The van der Waals surface area contributed by atoms with Crippen LogP contribution in [-0.4, -0.2) is 35.9 Å². The SMILES string of the molecule is Cc1ccc(SCCCC(=O)OC2CN(c3nc4ccc(F)cc4s3)C2)cc1. The van der Waals surface area contributed by atoms with E-state index in [-0.39, 0.29) is 17.9 Å². The van der Waals surface area contributed by atoms with Gasteiger partial charge in [-0.3, -0.25) is 4.79 Å². The second-order valence-corrected chi connectivity index (χ2v) is 9.07. The highest BCUT2D eigenvalue weighted by Crippen LogP contribution is 2.32. The van der Waals surface area contributed by atoms with Crippen LogP contribution in [0.3, 0.4) is 0 Å². The van der Waals surface area contributed by atoms with Crippen LogP contribution in [0, 0.1) is 12.7 Å². The number of carbonyl (C=O) groups excluding carboxylic acids is 1. The number of benzene rings is 2. The zero-order valence-electron chi connectivity index (χ0n) is 15.6. The fraction of sp³-hybridized carbons (Fsp3) is 0.333. The molecule has 1 aromatic heterocycles. The second-order valence-electron chi connectivity index (χ2n) is 6.89. The first-order valence-electron chi connectivity index (χ1n) is 9.27. The molecule has 7 heteroatoms. The summed E-state index contributed by atoms with van der Waals surface area (Å²) in [4.78, 5) is 19.8. The van der Waals surface area contributed by atoms with Gasteiger partial charge in [0.2, 0.25) is 0 Å². The van der Waals surface area contributed by atoms with Gasteiger partial charge in [-0.25, -0.2) is 9.37 Å². The minimum atomic E-state index is -0.251. The largest absolute Gasteiger partial charge is 0.459 e. The van der Waals surface area contributed by atoms with E-state index >= 15 is 0 Å². The Balaban J connectivity index is 1.16. The van der Waals surface area contributed by atoms with Gasteiger partial charge in [-0.15, -0.1) is 11.8 Å². The van der Waals surface area contributed by atoms with Gasteiger partial charge in [-0.1, -0.05) is 29.0 Å². The van der Waals surface area contributed by atoms with Crippen molar-refractivity contribution in [3.05, 3.63) is 53.8 Å². The number of esters is 1. The first-order valence-corrected chi connectivity index (χ1v) is 11.1. The third-order valence-electron chi connectivity index (χ3n) is 4.57. The monoisotopic (exact) mass is 416 g/mol. The highest BCUT2D eigenvalue weighted by molar-refractivity contribution is 7.99. The Morgan fingerprint density at radius 2 is 2.07 bits per heavy atom. The van der Waals surface area contributed by atoms with Crippen molar-refractivity contribution >= 4 is 44.4 Å². The summed E-state index contributed by atoms with van der Waals surface area (Å²) in [7, 11) is 0. The molecule has 2 heterocycles. The fourth-order valence-electron chi connectivity index (χ4n) is 2.98. The number of halogens is 1. The van der Waals surface area contributed by atoms with Crippen LogP contribution >= 0.6 is 23.1 Å². The number of hydrogen-bond acceptors (Lipinski definition) is 6. The molecule has 4 rings (SSSR count). The van der Waals surface area contributed by atoms with Crippen molar-refractivity contribution in [1.82, 2.24) is 4.98 Å². The molecule has 0 bridgehead atoms. The van der Waals surface area contributed by atoms with Gasteiger partial charge in [0.1, 0.15) is 11.9 Å². The Morgan fingerprint density at radius 3 is 2.86 bits per heavy atom. The average molecular weight is 417 g/mol. The molecule has 0 amide bonds.